The minimum absolute atomic E-state index is 0.127. The van der Waals surface area contributed by atoms with Gasteiger partial charge in [0.15, 0.2) is 0 Å². The first-order chi connectivity index (χ1) is 9.79. The summed E-state index contributed by atoms with van der Waals surface area (Å²) in [5.41, 5.74) is 3.59. The zero-order valence-electron chi connectivity index (χ0n) is 11.6. The molecular weight excluding hydrogens is 250 g/mol. The van der Waals surface area contributed by atoms with Crippen molar-refractivity contribution in [1.82, 2.24) is 5.32 Å². The Morgan fingerprint density at radius 2 is 2.05 bits per heavy atom. The number of hydrogen-bond donors (Lipinski definition) is 2. The Balaban J connectivity index is 2.04. The van der Waals surface area contributed by atoms with Crippen molar-refractivity contribution < 1.29 is 9.84 Å². The number of nitrogens with one attached hydrogen (secondary N) is 1. The van der Waals surface area contributed by atoms with Gasteiger partial charge in [0.05, 0.1) is 12.6 Å². The molecule has 3 nitrogen and oxygen atoms in total. The van der Waals surface area contributed by atoms with Crippen LogP contribution in [0.4, 0.5) is 0 Å². The van der Waals surface area contributed by atoms with Crippen LogP contribution in [-0.4, -0.2) is 18.3 Å². The molecule has 0 radical (unpaired) electrons. The van der Waals surface area contributed by atoms with Crippen LogP contribution in [0.5, 0.6) is 11.5 Å². The van der Waals surface area contributed by atoms with Gasteiger partial charge in [0.1, 0.15) is 11.5 Å². The van der Waals surface area contributed by atoms with E-state index >= 15 is 0 Å². The number of phenols is 1. The zero-order chi connectivity index (χ0) is 13.9. The van der Waals surface area contributed by atoms with Crippen LogP contribution in [-0.2, 0) is 6.42 Å². The summed E-state index contributed by atoms with van der Waals surface area (Å²) >= 11 is 0. The van der Waals surface area contributed by atoms with E-state index in [1.807, 2.05) is 37.3 Å². The second-order valence-electron chi connectivity index (χ2n) is 4.99. The highest BCUT2D eigenvalue weighted by molar-refractivity contribution is 5.47. The van der Waals surface area contributed by atoms with Gasteiger partial charge in [0.2, 0.25) is 0 Å². The molecule has 0 fully saturated rings. The largest absolute Gasteiger partial charge is 0.508 e. The summed E-state index contributed by atoms with van der Waals surface area (Å²) in [5.74, 6) is 1.26. The lowest BCUT2D eigenvalue weighted by Crippen LogP contribution is -2.30. The van der Waals surface area contributed by atoms with Gasteiger partial charge in [-0.2, -0.15) is 0 Å². The number of phenolic OH excluding ortho intramolecular Hbond substituents is 1. The van der Waals surface area contributed by atoms with Crippen molar-refractivity contribution in [3.05, 3.63) is 59.2 Å². The van der Waals surface area contributed by atoms with E-state index < -0.39 is 0 Å². The Kier molecular flexibility index (Phi) is 3.61. The van der Waals surface area contributed by atoms with E-state index in [1.165, 1.54) is 11.1 Å². The van der Waals surface area contributed by atoms with Crippen molar-refractivity contribution in [2.24, 2.45) is 0 Å². The molecule has 1 atom stereocenters. The summed E-state index contributed by atoms with van der Waals surface area (Å²) in [5, 5.41) is 13.2. The molecule has 0 spiro atoms. The molecule has 1 heterocycles. The van der Waals surface area contributed by atoms with E-state index in [2.05, 4.69) is 11.4 Å². The van der Waals surface area contributed by atoms with Crippen molar-refractivity contribution >= 4 is 0 Å². The SMILES string of the molecule is CCOc1ccccc1C1NCCc2cc(O)ccc21. The van der Waals surface area contributed by atoms with Crippen LogP contribution in [0.2, 0.25) is 0 Å². The summed E-state index contributed by atoms with van der Waals surface area (Å²) in [4.78, 5) is 0. The third-order valence-electron chi connectivity index (χ3n) is 3.71. The molecule has 2 aromatic carbocycles. The molecule has 0 saturated heterocycles. The fourth-order valence-electron chi connectivity index (χ4n) is 2.83. The minimum atomic E-state index is 0.127. The molecule has 20 heavy (non-hydrogen) atoms. The van der Waals surface area contributed by atoms with E-state index in [9.17, 15) is 5.11 Å². The molecule has 104 valence electrons. The quantitative estimate of drug-likeness (QED) is 0.900. The molecule has 1 aliphatic heterocycles. The van der Waals surface area contributed by atoms with E-state index in [4.69, 9.17) is 4.74 Å². The molecule has 3 heteroatoms. The number of rotatable bonds is 3. The van der Waals surface area contributed by atoms with Crippen LogP contribution < -0.4 is 10.1 Å². The first-order valence-corrected chi connectivity index (χ1v) is 7.06. The highest BCUT2D eigenvalue weighted by Crippen LogP contribution is 2.35. The van der Waals surface area contributed by atoms with Crippen molar-refractivity contribution in [1.29, 1.82) is 0 Å². The Hall–Kier alpha value is -2.00. The summed E-state index contributed by atoms with van der Waals surface area (Å²) in [6.45, 7) is 3.56. The second kappa shape index (κ2) is 5.55. The smallest absolute Gasteiger partial charge is 0.124 e. The standard InChI is InChI=1S/C17H19NO2/c1-2-20-16-6-4-3-5-15(16)17-14-8-7-13(19)11-12(14)9-10-18-17/h3-8,11,17-19H,2,9-10H2,1H3. The van der Waals surface area contributed by atoms with Crippen LogP contribution in [0.15, 0.2) is 42.5 Å². The Bertz CT molecular complexity index is 610. The summed E-state index contributed by atoms with van der Waals surface area (Å²) < 4.78 is 5.74. The van der Waals surface area contributed by atoms with Gasteiger partial charge in [0, 0.05) is 12.1 Å². The zero-order valence-corrected chi connectivity index (χ0v) is 11.6. The summed E-state index contributed by atoms with van der Waals surface area (Å²) in [6.07, 6.45) is 0.942. The average molecular weight is 269 g/mol. The van der Waals surface area contributed by atoms with E-state index in [-0.39, 0.29) is 6.04 Å². The van der Waals surface area contributed by atoms with Crippen LogP contribution in [0.3, 0.4) is 0 Å². The summed E-state index contributed by atoms with van der Waals surface area (Å²) in [6, 6.07) is 13.9. The lowest BCUT2D eigenvalue weighted by molar-refractivity contribution is 0.333. The van der Waals surface area contributed by atoms with Crippen molar-refractivity contribution in [3.63, 3.8) is 0 Å². The van der Waals surface area contributed by atoms with Crippen LogP contribution >= 0.6 is 0 Å². The third kappa shape index (κ3) is 2.37. The topological polar surface area (TPSA) is 41.5 Å². The maximum Gasteiger partial charge on any atom is 0.124 e. The van der Waals surface area contributed by atoms with Crippen molar-refractivity contribution in [2.45, 2.75) is 19.4 Å². The highest BCUT2D eigenvalue weighted by Gasteiger charge is 2.23. The molecule has 0 aliphatic carbocycles. The Morgan fingerprint density at radius 1 is 1.20 bits per heavy atom. The molecule has 0 saturated carbocycles. The Labute approximate surface area is 119 Å². The summed E-state index contributed by atoms with van der Waals surface area (Å²) in [7, 11) is 0. The number of ether oxygens (including phenoxy) is 1. The van der Waals surface area contributed by atoms with Crippen LogP contribution in [0.1, 0.15) is 29.7 Å². The number of benzene rings is 2. The van der Waals surface area contributed by atoms with Gasteiger partial charge >= 0.3 is 0 Å². The van der Waals surface area contributed by atoms with E-state index in [0.717, 1.165) is 24.3 Å². The average Bonchev–Trinajstić information content (AvgIpc) is 2.47. The normalized spacial score (nSPS) is 17.6. The van der Waals surface area contributed by atoms with Gasteiger partial charge in [-0.3, -0.25) is 0 Å². The number of aromatic hydroxyl groups is 1. The second-order valence-corrected chi connectivity index (χ2v) is 4.99. The predicted octanol–water partition coefficient (Wildman–Crippen LogP) is 3.03. The van der Waals surface area contributed by atoms with Gasteiger partial charge in [-0.1, -0.05) is 24.3 Å². The number of hydrogen-bond acceptors (Lipinski definition) is 3. The first-order valence-electron chi connectivity index (χ1n) is 7.06. The van der Waals surface area contributed by atoms with Crippen LogP contribution in [0.25, 0.3) is 0 Å². The van der Waals surface area contributed by atoms with Gasteiger partial charge < -0.3 is 15.2 Å². The first kappa shape index (κ1) is 13.0. The minimum Gasteiger partial charge on any atom is -0.508 e. The van der Waals surface area contributed by atoms with E-state index in [1.54, 1.807) is 6.07 Å². The molecule has 0 amide bonds. The van der Waals surface area contributed by atoms with Gasteiger partial charge in [-0.05, 0) is 42.7 Å². The van der Waals surface area contributed by atoms with Crippen molar-refractivity contribution in [3.8, 4) is 11.5 Å². The number of para-hydroxylation sites is 1. The maximum absolute atomic E-state index is 9.64. The third-order valence-corrected chi connectivity index (χ3v) is 3.71. The van der Waals surface area contributed by atoms with Crippen LogP contribution in [0, 0.1) is 0 Å². The van der Waals surface area contributed by atoms with Crippen molar-refractivity contribution in [2.75, 3.05) is 13.2 Å². The maximum atomic E-state index is 9.64. The molecule has 0 aromatic heterocycles. The molecule has 0 bridgehead atoms. The number of fused-ring (bicyclic) bond motifs is 1. The molecular formula is C17H19NO2. The monoisotopic (exact) mass is 269 g/mol. The molecule has 2 aromatic rings. The molecule has 1 aliphatic rings. The fraction of sp³-hybridized carbons (Fsp3) is 0.294. The predicted molar refractivity (Wildman–Crippen MR) is 79.3 cm³/mol. The molecule has 2 N–H and O–H groups in total. The van der Waals surface area contributed by atoms with Gasteiger partial charge in [-0.25, -0.2) is 0 Å². The lowest BCUT2D eigenvalue weighted by atomic mass is 9.89. The van der Waals surface area contributed by atoms with Gasteiger partial charge in [-0.15, -0.1) is 0 Å². The molecule has 3 rings (SSSR count). The van der Waals surface area contributed by atoms with Gasteiger partial charge in [0.25, 0.3) is 0 Å². The highest BCUT2D eigenvalue weighted by atomic mass is 16.5. The van der Waals surface area contributed by atoms with E-state index in [0.29, 0.717) is 12.4 Å². The Morgan fingerprint density at radius 3 is 2.90 bits per heavy atom. The fourth-order valence-corrected chi connectivity index (χ4v) is 2.83. The molecule has 1 unspecified atom stereocenters. The lowest BCUT2D eigenvalue weighted by Gasteiger charge is -2.28.